The van der Waals surface area contributed by atoms with Gasteiger partial charge in [0.1, 0.15) is 17.2 Å². The number of rotatable bonds is 1. The normalized spacial score (nSPS) is 11.2. The molecule has 1 aromatic heterocycles. The number of imidazole rings is 1. The lowest BCUT2D eigenvalue weighted by molar-refractivity contribution is 0.630. The smallest absolute Gasteiger partial charge is 0.141 e. The maximum Gasteiger partial charge on any atom is 0.141 e. The van der Waals surface area contributed by atoms with E-state index in [9.17, 15) is 4.39 Å². The molecule has 2 nitrogen and oxygen atoms in total. The fourth-order valence-corrected chi connectivity index (χ4v) is 2.33. The number of benzene rings is 2. The summed E-state index contributed by atoms with van der Waals surface area (Å²) in [6.45, 7) is 1.90. The number of aromatic nitrogens is 2. The highest BCUT2D eigenvalue weighted by Crippen LogP contribution is 2.32. The highest BCUT2D eigenvalue weighted by molar-refractivity contribution is 6.44. The first-order chi connectivity index (χ1) is 9.06. The Morgan fingerprint density at radius 3 is 2.74 bits per heavy atom. The molecule has 0 unspecified atom stereocenters. The molecule has 5 heteroatoms. The van der Waals surface area contributed by atoms with E-state index in [4.69, 9.17) is 23.2 Å². The van der Waals surface area contributed by atoms with Crippen molar-refractivity contribution < 1.29 is 4.39 Å². The number of nitrogens with one attached hydrogen (secondary N) is 1. The highest BCUT2D eigenvalue weighted by Gasteiger charge is 2.13. The summed E-state index contributed by atoms with van der Waals surface area (Å²) in [4.78, 5) is 7.39. The predicted octanol–water partition coefficient (Wildman–Crippen LogP) is 4.98. The second-order valence-corrected chi connectivity index (χ2v) is 5.11. The zero-order valence-electron chi connectivity index (χ0n) is 9.97. The van der Waals surface area contributed by atoms with Gasteiger partial charge >= 0.3 is 0 Å². The minimum absolute atomic E-state index is 0.327. The van der Waals surface area contributed by atoms with Crippen LogP contribution in [0, 0.1) is 12.7 Å². The van der Waals surface area contributed by atoms with E-state index in [1.165, 1.54) is 6.07 Å². The molecule has 0 atom stereocenters. The van der Waals surface area contributed by atoms with Crippen molar-refractivity contribution in [3.63, 3.8) is 0 Å². The number of fused-ring (bicyclic) bond motifs is 1. The van der Waals surface area contributed by atoms with Crippen LogP contribution in [0.5, 0.6) is 0 Å². The lowest BCUT2D eigenvalue weighted by atomic mass is 10.1. The number of H-pyrrole nitrogens is 1. The van der Waals surface area contributed by atoms with E-state index in [0.717, 1.165) is 11.1 Å². The van der Waals surface area contributed by atoms with Crippen LogP contribution < -0.4 is 0 Å². The maximum absolute atomic E-state index is 13.8. The van der Waals surface area contributed by atoms with Crippen LogP contribution >= 0.6 is 23.2 Å². The number of aryl methyl sites for hydroxylation is 1. The molecule has 0 spiro atoms. The van der Waals surface area contributed by atoms with Gasteiger partial charge in [0.25, 0.3) is 0 Å². The molecule has 1 N–H and O–H groups in total. The van der Waals surface area contributed by atoms with Crippen molar-refractivity contribution in [3.05, 3.63) is 51.8 Å². The van der Waals surface area contributed by atoms with Gasteiger partial charge in [0, 0.05) is 0 Å². The fraction of sp³-hybridized carbons (Fsp3) is 0.0714. The minimum atomic E-state index is -0.327. The molecule has 19 heavy (non-hydrogen) atoms. The Bertz CT molecular complexity index is 780. The highest BCUT2D eigenvalue weighted by atomic mass is 35.5. The molecule has 3 rings (SSSR count). The first-order valence-corrected chi connectivity index (χ1v) is 6.42. The van der Waals surface area contributed by atoms with Gasteiger partial charge in [-0.2, -0.15) is 0 Å². The van der Waals surface area contributed by atoms with Gasteiger partial charge < -0.3 is 4.98 Å². The Morgan fingerprint density at radius 1 is 1.16 bits per heavy atom. The van der Waals surface area contributed by atoms with E-state index in [-0.39, 0.29) is 5.82 Å². The monoisotopic (exact) mass is 294 g/mol. The zero-order valence-corrected chi connectivity index (χ0v) is 11.5. The van der Waals surface area contributed by atoms with Gasteiger partial charge in [-0.25, -0.2) is 9.37 Å². The summed E-state index contributed by atoms with van der Waals surface area (Å²) < 4.78 is 13.8. The van der Waals surface area contributed by atoms with Crippen LogP contribution in [0.25, 0.3) is 22.4 Å². The molecule has 1 heterocycles. The van der Waals surface area contributed by atoms with E-state index >= 15 is 0 Å². The molecule has 0 amide bonds. The third-order valence-corrected chi connectivity index (χ3v) is 3.72. The van der Waals surface area contributed by atoms with Crippen LogP contribution in [-0.4, -0.2) is 9.97 Å². The van der Waals surface area contributed by atoms with Gasteiger partial charge in [-0.15, -0.1) is 0 Å². The van der Waals surface area contributed by atoms with Crippen molar-refractivity contribution in [1.29, 1.82) is 0 Å². The van der Waals surface area contributed by atoms with Crippen molar-refractivity contribution in [2.45, 2.75) is 6.92 Å². The standard InChI is InChI=1S/C14H9Cl2FN2/c1-7-2-4-10(17)8(6-7)14-18-11-5-3-9(15)12(16)13(11)19-14/h2-6H,1H3,(H,18,19). The molecule has 0 bridgehead atoms. The Balaban J connectivity index is 2.26. The first-order valence-electron chi connectivity index (χ1n) is 5.66. The van der Waals surface area contributed by atoms with Crippen LogP contribution in [0.15, 0.2) is 30.3 Å². The average Bonchev–Trinajstić information content (AvgIpc) is 2.81. The fourth-order valence-electron chi connectivity index (χ4n) is 1.97. The number of aromatic amines is 1. The summed E-state index contributed by atoms with van der Waals surface area (Å²) >= 11 is 12.0. The third kappa shape index (κ3) is 2.09. The van der Waals surface area contributed by atoms with Crippen LogP contribution in [0.2, 0.25) is 10.0 Å². The van der Waals surface area contributed by atoms with Crippen LogP contribution in [0.1, 0.15) is 5.56 Å². The Hall–Kier alpha value is -1.58. The predicted molar refractivity (Wildman–Crippen MR) is 76.2 cm³/mol. The van der Waals surface area contributed by atoms with Crippen LogP contribution in [-0.2, 0) is 0 Å². The van der Waals surface area contributed by atoms with E-state index in [2.05, 4.69) is 9.97 Å². The second kappa shape index (κ2) is 4.51. The Morgan fingerprint density at radius 2 is 1.95 bits per heavy atom. The third-order valence-electron chi connectivity index (χ3n) is 2.92. The molecule has 0 aliphatic heterocycles. The summed E-state index contributed by atoms with van der Waals surface area (Å²) in [6.07, 6.45) is 0. The molecule has 2 aromatic carbocycles. The van der Waals surface area contributed by atoms with Gasteiger partial charge in [-0.05, 0) is 31.2 Å². The number of nitrogens with zero attached hydrogens (tertiary/aromatic N) is 1. The van der Waals surface area contributed by atoms with Gasteiger partial charge in [0.15, 0.2) is 0 Å². The molecule has 0 saturated carbocycles. The number of halogens is 3. The molecule has 0 saturated heterocycles. The summed E-state index contributed by atoms with van der Waals surface area (Å²) in [5, 5.41) is 0.798. The van der Waals surface area contributed by atoms with Crippen molar-refractivity contribution in [2.75, 3.05) is 0 Å². The number of hydrogen-bond donors (Lipinski definition) is 1. The van der Waals surface area contributed by atoms with Gasteiger partial charge in [0.05, 0.1) is 21.1 Å². The van der Waals surface area contributed by atoms with Crippen LogP contribution in [0.4, 0.5) is 4.39 Å². The average molecular weight is 295 g/mol. The van der Waals surface area contributed by atoms with Crippen LogP contribution in [0.3, 0.4) is 0 Å². The molecule has 0 aliphatic rings. The van der Waals surface area contributed by atoms with Gasteiger partial charge in [0.2, 0.25) is 0 Å². The van der Waals surface area contributed by atoms with Crippen molar-refractivity contribution in [3.8, 4) is 11.4 Å². The molecule has 0 aliphatic carbocycles. The summed E-state index contributed by atoms with van der Waals surface area (Å²) in [6, 6.07) is 8.33. The Kier molecular flexibility index (Phi) is 2.96. The molecule has 96 valence electrons. The molecular formula is C14H9Cl2FN2. The summed E-state index contributed by atoms with van der Waals surface area (Å²) in [5.41, 5.74) is 2.65. The Labute approximate surface area is 119 Å². The molecular weight excluding hydrogens is 286 g/mol. The van der Waals surface area contributed by atoms with Crippen molar-refractivity contribution in [2.24, 2.45) is 0 Å². The van der Waals surface area contributed by atoms with E-state index in [1.807, 2.05) is 6.92 Å². The molecule has 0 fully saturated rings. The lowest BCUT2D eigenvalue weighted by Gasteiger charge is -2.00. The SMILES string of the molecule is Cc1ccc(F)c(-c2nc3c(Cl)c(Cl)ccc3[nH]2)c1. The molecule has 0 radical (unpaired) electrons. The minimum Gasteiger partial charge on any atom is -0.338 e. The topological polar surface area (TPSA) is 28.7 Å². The quantitative estimate of drug-likeness (QED) is 0.673. The largest absolute Gasteiger partial charge is 0.338 e. The number of hydrogen-bond acceptors (Lipinski definition) is 1. The van der Waals surface area contributed by atoms with Crippen molar-refractivity contribution >= 4 is 34.2 Å². The zero-order chi connectivity index (χ0) is 13.6. The van der Waals surface area contributed by atoms with E-state index < -0.39 is 0 Å². The first kappa shape index (κ1) is 12.5. The lowest BCUT2D eigenvalue weighted by Crippen LogP contribution is -1.87. The maximum atomic E-state index is 13.8. The second-order valence-electron chi connectivity index (χ2n) is 4.33. The summed E-state index contributed by atoms with van der Waals surface area (Å²) in [5.74, 6) is 0.118. The molecule has 3 aromatic rings. The van der Waals surface area contributed by atoms with Crippen molar-refractivity contribution in [1.82, 2.24) is 9.97 Å². The summed E-state index contributed by atoms with van der Waals surface area (Å²) in [7, 11) is 0. The van der Waals surface area contributed by atoms with Gasteiger partial charge in [-0.3, -0.25) is 0 Å². The van der Waals surface area contributed by atoms with Gasteiger partial charge in [-0.1, -0.05) is 34.8 Å². The van der Waals surface area contributed by atoms with E-state index in [0.29, 0.717) is 26.9 Å². The van der Waals surface area contributed by atoms with E-state index in [1.54, 1.807) is 24.3 Å².